The molecule has 1 atom stereocenters. The van der Waals surface area contributed by atoms with Crippen molar-refractivity contribution in [3.63, 3.8) is 0 Å². The lowest BCUT2D eigenvalue weighted by Gasteiger charge is -2.28. The molecule has 5 heteroatoms. The number of carbonyl (C=O) groups excluding carboxylic acids is 2. The number of nitrogens with two attached hydrogens (primary N) is 1. The second kappa shape index (κ2) is 5.70. The second-order valence-electron chi connectivity index (χ2n) is 3.62. The van der Waals surface area contributed by atoms with E-state index in [4.69, 9.17) is 10.5 Å². The van der Waals surface area contributed by atoms with Crippen LogP contribution in [0.15, 0.2) is 0 Å². The van der Waals surface area contributed by atoms with E-state index >= 15 is 0 Å². The van der Waals surface area contributed by atoms with Gasteiger partial charge in [-0.05, 0) is 26.2 Å². The highest BCUT2D eigenvalue weighted by Crippen LogP contribution is 2.09. The lowest BCUT2D eigenvalue weighted by molar-refractivity contribution is -0.151. The van der Waals surface area contributed by atoms with Gasteiger partial charge in [-0.3, -0.25) is 4.79 Å². The van der Waals surface area contributed by atoms with Crippen molar-refractivity contribution in [3.8, 4) is 0 Å². The first kappa shape index (κ1) is 12.0. The Balaban J connectivity index is 2.47. The molecule has 0 aliphatic carbocycles. The average molecular weight is 214 g/mol. The summed E-state index contributed by atoms with van der Waals surface area (Å²) in [5, 5.41) is 0. The maximum atomic E-state index is 11.7. The molecule has 0 bridgehead atoms. The predicted molar refractivity (Wildman–Crippen MR) is 55.0 cm³/mol. The number of amides is 1. The zero-order valence-corrected chi connectivity index (χ0v) is 9.07. The van der Waals surface area contributed by atoms with E-state index < -0.39 is 12.0 Å². The van der Waals surface area contributed by atoms with Crippen molar-refractivity contribution in [1.82, 2.24) is 4.90 Å². The topological polar surface area (TPSA) is 72.6 Å². The summed E-state index contributed by atoms with van der Waals surface area (Å²) in [5.74, 6) is -0.943. The first-order valence-corrected chi connectivity index (χ1v) is 5.37. The third-order valence-corrected chi connectivity index (χ3v) is 2.47. The van der Waals surface area contributed by atoms with Gasteiger partial charge in [0.05, 0.1) is 6.61 Å². The van der Waals surface area contributed by atoms with Crippen molar-refractivity contribution in [2.24, 2.45) is 5.73 Å². The minimum atomic E-state index is -1.15. The van der Waals surface area contributed by atoms with Gasteiger partial charge >= 0.3 is 5.97 Å². The Hall–Kier alpha value is -1.10. The normalized spacial score (nSPS) is 18.4. The first-order chi connectivity index (χ1) is 7.16. The van der Waals surface area contributed by atoms with Crippen molar-refractivity contribution < 1.29 is 14.3 Å². The minimum absolute atomic E-state index is 0.250. The lowest BCUT2D eigenvalue weighted by atomic mass is 10.1. The van der Waals surface area contributed by atoms with Crippen LogP contribution < -0.4 is 5.73 Å². The van der Waals surface area contributed by atoms with Gasteiger partial charge in [0.2, 0.25) is 0 Å². The number of esters is 1. The van der Waals surface area contributed by atoms with Gasteiger partial charge in [-0.2, -0.15) is 0 Å². The molecule has 0 aromatic carbocycles. The van der Waals surface area contributed by atoms with Crippen LogP contribution in [0.25, 0.3) is 0 Å². The molecule has 1 unspecified atom stereocenters. The minimum Gasteiger partial charge on any atom is -0.464 e. The summed E-state index contributed by atoms with van der Waals surface area (Å²) in [6, 6.07) is -1.15. The van der Waals surface area contributed by atoms with Gasteiger partial charge in [-0.25, -0.2) is 4.79 Å². The Kier molecular flexibility index (Phi) is 4.55. The van der Waals surface area contributed by atoms with Crippen molar-refractivity contribution >= 4 is 11.9 Å². The summed E-state index contributed by atoms with van der Waals surface area (Å²) in [6.07, 6.45) is 3.11. The monoisotopic (exact) mass is 214 g/mol. The Morgan fingerprint density at radius 1 is 1.33 bits per heavy atom. The highest BCUT2D eigenvalue weighted by molar-refractivity contribution is 6.01. The van der Waals surface area contributed by atoms with Gasteiger partial charge in [-0.1, -0.05) is 0 Å². The quantitative estimate of drug-likeness (QED) is 0.525. The fourth-order valence-corrected chi connectivity index (χ4v) is 1.64. The molecule has 15 heavy (non-hydrogen) atoms. The van der Waals surface area contributed by atoms with Gasteiger partial charge in [0, 0.05) is 13.1 Å². The summed E-state index contributed by atoms with van der Waals surface area (Å²) in [6.45, 7) is 3.34. The molecule has 0 spiro atoms. The standard InChI is InChI=1S/C10H18N2O3/c1-2-15-10(14)8(11)9(13)12-6-4-3-5-7-12/h8H,2-7,11H2,1H3. The molecule has 0 aromatic heterocycles. The molecule has 1 saturated heterocycles. The van der Waals surface area contributed by atoms with Gasteiger partial charge in [0.1, 0.15) is 0 Å². The zero-order chi connectivity index (χ0) is 11.3. The molecule has 86 valence electrons. The van der Waals surface area contributed by atoms with E-state index in [-0.39, 0.29) is 12.5 Å². The van der Waals surface area contributed by atoms with Gasteiger partial charge < -0.3 is 15.4 Å². The van der Waals surface area contributed by atoms with Crippen LogP contribution in [0.2, 0.25) is 0 Å². The van der Waals surface area contributed by atoms with E-state index in [0.29, 0.717) is 13.1 Å². The largest absolute Gasteiger partial charge is 0.464 e. The number of carbonyl (C=O) groups is 2. The molecule has 1 amide bonds. The fraction of sp³-hybridized carbons (Fsp3) is 0.800. The molecule has 1 aliphatic rings. The number of nitrogens with zero attached hydrogens (tertiary/aromatic N) is 1. The number of ether oxygens (including phenoxy) is 1. The molecular formula is C10H18N2O3. The molecule has 5 nitrogen and oxygen atoms in total. The van der Waals surface area contributed by atoms with Crippen molar-refractivity contribution in [2.75, 3.05) is 19.7 Å². The maximum absolute atomic E-state index is 11.7. The highest BCUT2D eigenvalue weighted by Gasteiger charge is 2.28. The smallest absolute Gasteiger partial charge is 0.332 e. The van der Waals surface area contributed by atoms with E-state index in [2.05, 4.69) is 0 Å². The molecule has 1 fully saturated rings. The van der Waals surface area contributed by atoms with Crippen LogP contribution in [0.1, 0.15) is 26.2 Å². The Morgan fingerprint density at radius 2 is 1.93 bits per heavy atom. The molecule has 0 radical (unpaired) electrons. The van der Waals surface area contributed by atoms with E-state index in [1.165, 1.54) is 0 Å². The van der Waals surface area contributed by atoms with Crippen LogP contribution in [0.4, 0.5) is 0 Å². The molecule has 1 heterocycles. The van der Waals surface area contributed by atoms with E-state index in [9.17, 15) is 9.59 Å². The van der Waals surface area contributed by atoms with Gasteiger partial charge in [0.25, 0.3) is 5.91 Å². The Bertz CT molecular complexity index is 237. The van der Waals surface area contributed by atoms with Crippen LogP contribution in [-0.2, 0) is 14.3 Å². The highest BCUT2D eigenvalue weighted by atomic mass is 16.5. The Morgan fingerprint density at radius 3 is 2.47 bits per heavy atom. The zero-order valence-electron chi connectivity index (χ0n) is 9.07. The fourth-order valence-electron chi connectivity index (χ4n) is 1.64. The predicted octanol–water partition coefficient (Wildman–Crippen LogP) is -0.111. The molecule has 0 saturated carbocycles. The van der Waals surface area contributed by atoms with Crippen LogP contribution in [0, 0.1) is 0 Å². The summed E-state index contributed by atoms with van der Waals surface area (Å²) in [7, 11) is 0. The third kappa shape index (κ3) is 3.20. The first-order valence-electron chi connectivity index (χ1n) is 5.37. The van der Waals surface area contributed by atoms with Crippen LogP contribution in [-0.4, -0.2) is 42.5 Å². The van der Waals surface area contributed by atoms with Crippen LogP contribution >= 0.6 is 0 Å². The molecule has 1 aliphatic heterocycles. The molecule has 1 rings (SSSR count). The summed E-state index contributed by atoms with van der Waals surface area (Å²) < 4.78 is 4.70. The SMILES string of the molecule is CCOC(=O)C(N)C(=O)N1CCCCC1. The number of piperidine rings is 1. The molecule has 2 N–H and O–H groups in total. The maximum Gasteiger partial charge on any atom is 0.332 e. The van der Waals surface area contributed by atoms with Crippen LogP contribution in [0.5, 0.6) is 0 Å². The van der Waals surface area contributed by atoms with Gasteiger partial charge in [0.15, 0.2) is 6.04 Å². The Labute approximate surface area is 89.6 Å². The van der Waals surface area contributed by atoms with Crippen LogP contribution in [0.3, 0.4) is 0 Å². The summed E-state index contributed by atoms with van der Waals surface area (Å²) >= 11 is 0. The number of likely N-dealkylation sites (tertiary alicyclic amines) is 1. The summed E-state index contributed by atoms with van der Waals surface area (Å²) in [4.78, 5) is 24.6. The molecular weight excluding hydrogens is 196 g/mol. The number of hydrogen-bond donors (Lipinski definition) is 1. The van der Waals surface area contributed by atoms with E-state index in [1.807, 2.05) is 0 Å². The second-order valence-corrected chi connectivity index (χ2v) is 3.62. The summed E-state index contributed by atoms with van der Waals surface area (Å²) in [5.41, 5.74) is 5.51. The number of hydrogen-bond acceptors (Lipinski definition) is 4. The van der Waals surface area contributed by atoms with E-state index in [0.717, 1.165) is 19.3 Å². The lowest BCUT2D eigenvalue weighted by Crippen LogP contribution is -2.50. The van der Waals surface area contributed by atoms with Crippen molar-refractivity contribution in [1.29, 1.82) is 0 Å². The van der Waals surface area contributed by atoms with Gasteiger partial charge in [-0.15, -0.1) is 0 Å². The van der Waals surface area contributed by atoms with Crippen molar-refractivity contribution in [2.45, 2.75) is 32.2 Å². The molecule has 0 aromatic rings. The van der Waals surface area contributed by atoms with Crippen molar-refractivity contribution in [3.05, 3.63) is 0 Å². The number of rotatable bonds is 3. The van der Waals surface area contributed by atoms with E-state index in [1.54, 1.807) is 11.8 Å². The third-order valence-electron chi connectivity index (χ3n) is 2.47. The average Bonchev–Trinajstić information content (AvgIpc) is 2.28.